The number of nitrogens with zero attached hydrogens (tertiary/aromatic N) is 3. The Morgan fingerprint density at radius 2 is 1.97 bits per heavy atom. The van der Waals surface area contributed by atoms with Gasteiger partial charge in [0.1, 0.15) is 11.5 Å². The average molecular weight is 445 g/mol. The number of anilines is 1. The van der Waals surface area contributed by atoms with Gasteiger partial charge < -0.3 is 19.2 Å². The maximum absolute atomic E-state index is 12.7. The molecule has 0 bridgehead atoms. The second kappa shape index (κ2) is 10.8. The standard InChI is InChI=1S/C22H25ClN4O4/c1-4-11-27(13-20(28)24-18-10-9-15(29-2)12-19(18)30-3)14-21-25-26-22(31-21)16-7-5-6-8-17(16)23/h5-10,12H,4,11,13-14H2,1-3H3,(H,24,28). The molecule has 0 fully saturated rings. The van der Waals surface area contributed by atoms with Gasteiger partial charge in [0.25, 0.3) is 0 Å². The molecule has 3 aromatic rings. The minimum atomic E-state index is -0.178. The van der Waals surface area contributed by atoms with Crippen molar-refractivity contribution in [3.8, 4) is 23.0 Å². The van der Waals surface area contributed by atoms with Crippen molar-refractivity contribution >= 4 is 23.2 Å². The van der Waals surface area contributed by atoms with Crippen LogP contribution >= 0.6 is 11.6 Å². The fraction of sp³-hybridized carbons (Fsp3) is 0.318. The molecule has 0 atom stereocenters. The van der Waals surface area contributed by atoms with Crippen molar-refractivity contribution in [2.75, 3.05) is 32.6 Å². The van der Waals surface area contributed by atoms with Crippen LogP contribution in [-0.4, -0.2) is 48.3 Å². The van der Waals surface area contributed by atoms with Gasteiger partial charge in [0, 0.05) is 6.07 Å². The third-order valence-electron chi connectivity index (χ3n) is 4.52. The lowest BCUT2D eigenvalue weighted by Crippen LogP contribution is -2.33. The molecule has 1 N–H and O–H groups in total. The van der Waals surface area contributed by atoms with Crippen LogP contribution in [0.15, 0.2) is 46.9 Å². The lowest BCUT2D eigenvalue weighted by atomic mass is 10.2. The monoisotopic (exact) mass is 444 g/mol. The quantitative estimate of drug-likeness (QED) is 0.499. The zero-order chi connectivity index (χ0) is 22.2. The molecule has 31 heavy (non-hydrogen) atoms. The van der Waals surface area contributed by atoms with E-state index in [4.69, 9.17) is 25.5 Å². The summed E-state index contributed by atoms with van der Waals surface area (Å²) in [6.45, 7) is 3.24. The third kappa shape index (κ3) is 5.96. The van der Waals surface area contributed by atoms with Gasteiger partial charge in [0.05, 0.1) is 43.6 Å². The summed E-state index contributed by atoms with van der Waals surface area (Å²) < 4.78 is 16.3. The Balaban J connectivity index is 1.66. The molecule has 1 heterocycles. The molecule has 0 saturated carbocycles. The minimum absolute atomic E-state index is 0.160. The summed E-state index contributed by atoms with van der Waals surface area (Å²) in [7, 11) is 3.12. The largest absolute Gasteiger partial charge is 0.497 e. The van der Waals surface area contributed by atoms with Crippen molar-refractivity contribution in [2.24, 2.45) is 0 Å². The zero-order valence-electron chi connectivity index (χ0n) is 17.7. The van der Waals surface area contributed by atoms with Crippen LogP contribution in [0.2, 0.25) is 5.02 Å². The van der Waals surface area contributed by atoms with Crippen LogP contribution in [0.25, 0.3) is 11.5 Å². The van der Waals surface area contributed by atoms with Gasteiger partial charge in [-0.1, -0.05) is 30.7 Å². The molecule has 2 aromatic carbocycles. The summed E-state index contributed by atoms with van der Waals surface area (Å²) in [6.07, 6.45) is 0.866. The average Bonchev–Trinajstić information content (AvgIpc) is 3.22. The van der Waals surface area contributed by atoms with E-state index in [2.05, 4.69) is 15.5 Å². The first kappa shape index (κ1) is 22.6. The smallest absolute Gasteiger partial charge is 0.249 e. The molecule has 0 unspecified atom stereocenters. The summed E-state index contributed by atoms with van der Waals surface area (Å²) >= 11 is 6.20. The molecule has 0 aliphatic heterocycles. The van der Waals surface area contributed by atoms with Crippen molar-refractivity contribution < 1.29 is 18.7 Å². The molecular formula is C22H25ClN4O4. The number of ether oxygens (including phenoxy) is 2. The van der Waals surface area contributed by atoms with Crippen LogP contribution in [0.1, 0.15) is 19.2 Å². The van der Waals surface area contributed by atoms with Gasteiger partial charge in [-0.25, -0.2) is 0 Å². The fourth-order valence-electron chi connectivity index (χ4n) is 3.08. The van der Waals surface area contributed by atoms with E-state index < -0.39 is 0 Å². The minimum Gasteiger partial charge on any atom is -0.497 e. The van der Waals surface area contributed by atoms with Gasteiger partial charge in [0.15, 0.2) is 0 Å². The number of amides is 1. The van der Waals surface area contributed by atoms with E-state index in [1.807, 2.05) is 30.0 Å². The Kier molecular flexibility index (Phi) is 7.86. The lowest BCUT2D eigenvalue weighted by molar-refractivity contribution is -0.117. The summed E-state index contributed by atoms with van der Waals surface area (Å²) in [4.78, 5) is 14.6. The van der Waals surface area contributed by atoms with Crippen LogP contribution < -0.4 is 14.8 Å². The number of aromatic nitrogens is 2. The maximum atomic E-state index is 12.7. The highest BCUT2D eigenvalue weighted by atomic mass is 35.5. The molecular weight excluding hydrogens is 420 g/mol. The number of carbonyl (C=O) groups excluding carboxylic acids is 1. The number of methoxy groups -OCH3 is 2. The van der Waals surface area contributed by atoms with E-state index in [0.29, 0.717) is 52.6 Å². The van der Waals surface area contributed by atoms with Gasteiger partial charge in [-0.15, -0.1) is 10.2 Å². The number of rotatable bonds is 10. The van der Waals surface area contributed by atoms with Crippen LogP contribution in [0.4, 0.5) is 5.69 Å². The number of carbonyl (C=O) groups is 1. The highest BCUT2D eigenvalue weighted by Gasteiger charge is 2.17. The summed E-state index contributed by atoms with van der Waals surface area (Å²) in [6, 6.07) is 12.5. The van der Waals surface area contributed by atoms with E-state index in [1.54, 1.807) is 38.5 Å². The van der Waals surface area contributed by atoms with Crippen molar-refractivity contribution in [3.63, 3.8) is 0 Å². The van der Waals surface area contributed by atoms with E-state index in [9.17, 15) is 4.79 Å². The first-order valence-corrected chi connectivity index (χ1v) is 10.2. The normalized spacial score (nSPS) is 10.9. The van der Waals surface area contributed by atoms with Gasteiger partial charge in [-0.05, 0) is 37.2 Å². The number of halogens is 1. The number of nitrogens with one attached hydrogen (secondary N) is 1. The van der Waals surface area contributed by atoms with Crippen LogP contribution in [0.5, 0.6) is 11.5 Å². The van der Waals surface area contributed by atoms with Crippen LogP contribution in [-0.2, 0) is 11.3 Å². The van der Waals surface area contributed by atoms with E-state index in [0.717, 1.165) is 6.42 Å². The molecule has 1 amide bonds. The van der Waals surface area contributed by atoms with Crippen molar-refractivity contribution in [2.45, 2.75) is 19.9 Å². The lowest BCUT2D eigenvalue weighted by Gasteiger charge is -2.19. The molecule has 9 heteroatoms. The Labute approximate surface area is 186 Å². The topological polar surface area (TPSA) is 89.7 Å². The van der Waals surface area contributed by atoms with E-state index >= 15 is 0 Å². The van der Waals surface area contributed by atoms with Crippen molar-refractivity contribution in [1.29, 1.82) is 0 Å². The predicted molar refractivity (Wildman–Crippen MR) is 118 cm³/mol. The van der Waals surface area contributed by atoms with Crippen molar-refractivity contribution in [3.05, 3.63) is 53.4 Å². The second-order valence-electron chi connectivity index (χ2n) is 6.81. The number of benzene rings is 2. The Bertz CT molecular complexity index is 1020. The SMILES string of the molecule is CCCN(CC(=O)Nc1ccc(OC)cc1OC)Cc1nnc(-c2ccccc2Cl)o1. The zero-order valence-corrected chi connectivity index (χ0v) is 18.5. The first-order valence-electron chi connectivity index (χ1n) is 9.85. The maximum Gasteiger partial charge on any atom is 0.249 e. The van der Waals surface area contributed by atoms with Gasteiger partial charge in [-0.3, -0.25) is 9.69 Å². The molecule has 3 rings (SSSR count). The fourth-order valence-corrected chi connectivity index (χ4v) is 3.29. The molecule has 0 spiro atoms. The van der Waals surface area contributed by atoms with E-state index in [1.165, 1.54) is 0 Å². The molecule has 0 aliphatic rings. The summed E-state index contributed by atoms with van der Waals surface area (Å²) in [5.74, 6) is 1.76. The van der Waals surface area contributed by atoms with Gasteiger partial charge in [-0.2, -0.15) is 0 Å². The summed E-state index contributed by atoms with van der Waals surface area (Å²) in [5, 5.41) is 11.6. The first-order chi connectivity index (χ1) is 15.0. The predicted octanol–water partition coefficient (Wildman–Crippen LogP) is 4.26. The Morgan fingerprint density at radius 3 is 2.68 bits per heavy atom. The molecule has 1 aromatic heterocycles. The summed E-state index contributed by atoms with van der Waals surface area (Å²) in [5.41, 5.74) is 1.25. The number of hydrogen-bond acceptors (Lipinski definition) is 7. The van der Waals surface area contributed by atoms with Crippen LogP contribution in [0.3, 0.4) is 0 Å². The van der Waals surface area contributed by atoms with E-state index in [-0.39, 0.29) is 12.5 Å². The molecule has 164 valence electrons. The van der Waals surface area contributed by atoms with Gasteiger partial charge in [0.2, 0.25) is 17.7 Å². The Hall–Kier alpha value is -3.10. The highest BCUT2D eigenvalue weighted by molar-refractivity contribution is 6.33. The van der Waals surface area contributed by atoms with Crippen LogP contribution in [0, 0.1) is 0 Å². The Morgan fingerprint density at radius 1 is 1.16 bits per heavy atom. The van der Waals surface area contributed by atoms with Crippen molar-refractivity contribution in [1.82, 2.24) is 15.1 Å². The number of hydrogen-bond donors (Lipinski definition) is 1. The molecule has 0 radical (unpaired) electrons. The third-order valence-corrected chi connectivity index (χ3v) is 4.85. The molecule has 0 saturated heterocycles. The highest BCUT2D eigenvalue weighted by Crippen LogP contribution is 2.29. The molecule has 8 nitrogen and oxygen atoms in total. The molecule has 0 aliphatic carbocycles. The van der Waals surface area contributed by atoms with Gasteiger partial charge >= 0.3 is 0 Å². The second-order valence-corrected chi connectivity index (χ2v) is 7.21.